The van der Waals surface area contributed by atoms with Crippen molar-refractivity contribution in [2.24, 2.45) is 5.73 Å². The minimum absolute atomic E-state index is 0.107. The number of carbonyl (C=O) groups excluding carboxylic acids is 1. The summed E-state index contributed by atoms with van der Waals surface area (Å²) < 4.78 is 0. The summed E-state index contributed by atoms with van der Waals surface area (Å²) in [5, 5.41) is 11.6. The van der Waals surface area contributed by atoms with E-state index in [1.165, 1.54) is 64.2 Å². The lowest BCUT2D eigenvalue weighted by atomic mass is 10.1. The summed E-state index contributed by atoms with van der Waals surface area (Å²) in [4.78, 5) is 22.3. The van der Waals surface area contributed by atoms with E-state index in [0.29, 0.717) is 19.4 Å². The van der Waals surface area contributed by atoms with Gasteiger partial charge in [-0.2, -0.15) is 0 Å². The van der Waals surface area contributed by atoms with Gasteiger partial charge in [0.05, 0.1) is 0 Å². The molecule has 0 aliphatic rings. The predicted molar refractivity (Wildman–Crippen MR) is 117 cm³/mol. The third kappa shape index (κ3) is 19.4. The molecule has 1 atom stereocenters. The largest absolute Gasteiger partial charge is 0.480 e. The second-order valence-electron chi connectivity index (χ2n) is 7.77. The van der Waals surface area contributed by atoms with Crippen LogP contribution in [0.1, 0.15) is 110 Å². The van der Waals surface area contributed by atoms with Crippen molar-refractivity contribution in [2.75, 3.05) is 6.54 Å². The number of carbonyl (C=O) groups is 2. The van der Waals surface area contributed by atoms with E-state index in [1.54, 1.807) is 0 Å². The maximum atomic E-state index is 11.7. The molecule has 5 nitrogen and oxygen atoms in total. The molecule has 0 aromatic rings. The maximum Gasteiger partial charge on any atom is 0.320 e. The van der Waals surface area contributed by atoms with Crippen LogP contribution in [0, 0.1) is 0 Å². The van der Waals surface area contributed by atoms with E-state index in [-0.39, 0.29) is 5.91 Å². The van der Waals surface area contributed by atoms with Crippen LogP contribution in [-0.4, -0.2) is 29.6 Å². The molecule has 0 spiro atoms. The lowest BCUT2D eigenvalue weighted by Gasteiger charge is -2.07. The first kappa shape index (κ1) is 26.6. The molecule has 0 heterocycles. The number of hydrogen-bond acceptors (Lipinski definition) is 3. The van der Waals surface area contributed by atoms with Gasteiger partial charge in [-0.05, 0) is 44.9 Å². The highest BCUT2D eigenvalue weighted by Gasteiger charge is 2.10. The summed E-state index contributed by atoms with van der Waals surface area (Å²) >= 11 is 0. The average molecular weight is 397 g/mol. The Morgan fingerprint density at radius 3 is 2.04 bits per heavy atom. The Labute approximate surface area is 172 Å². The third-order valence-corrected chi connectivity index (χ3v) is 4.98. The van der Waals surface area contributed by atoms with Gasteiger partial charge in [0.25, 0.3) is 0 Å². The lowest BCUT2D eigenvalue weighted by molar-refractivity contribution is -0.138. The first-order chi connectivity index (χ1) is 13.6. The van der Waals surface area contributed by atoms with Gasteiger partial charge >= 0.3 is 5.97 Å². The van der Waals surface area contributed by atoms with Crippen LogP contribution < -0.4 is 11.1 Å². The van der Waals surface area contributed by atoms with Gasteiger partial charge in [0.1, 0.15) is 6.04 Å². The first-order valence-electron chi connectivity index (χ1n) is 11.5. The van der Waals surface area contributed by atoms with Crippen molar-refractivity contribution in [2.45, 2.75) is 116 Å². The summed E-state index contributed by atoms with van der Waals surface area (Å²) in [6.45, 7) is 2.82. The van der Waals surface area contributed by atoms with Gasteiger partial charge in [-0.15, -0.1) is 0 Å². The average Bonchev–Trinajstić information content (AvgIpc) is 2.67. The van der Waals surface area contributed by atoms with Crippen molar-refractivity contribution >= 4 is 11.9 Å². The molecule has 0 bridgehead atoms. The molecule has 0 saturated heterocycles. The Kier molecular flexibility index (Phi) is 19.4. The number of carboxylic acids is 1. The molecule has 0 aromatic carbocycles. The Balaban J connectivity index is 3.25. The fourth-order valence-corrected chi connectivity index (χ4v) is 3.12. The van der Waals surface area contributed by atoms with Gasteiger partial charge in [-0.25, -0.2) is 0 Å². The highest BCUT2D eigenvalue weighted by Crippen LogP contribution is 2.11. The Morgan fingerprint density at radius 2 is 1.43 bits per heavy atom. The fourth-order valence-electron chi connectivity index (χ4n) is 3.12. The molecule has 28 heavy (non-hydrogen) atoms. The van der Waals surface area contributed by atoms with Crippen LogP contribution in [0.5, 0.6) is 0 Å². The minimum atomic E-state index is -0.959. The zero-order valence-corrected chi connectivity index (χ0v) is 18.1. The van der Waals surface area contributed by atoms with Crippen molar-refractivity contribution in [3.8, 4) is 0 Å². The van der Waals surface area contributed by atoms with E-state index < -0.39 is 12.0 Å². The van der Waals surface area contributed by atoms with Crippen LogP contribution >= 0.6 is 0 Å². The molecule has 0 saturated carbocycles. The summed E-state index contributed by atoms with van der Waals surface area (Å²) in [7, 11) is 0. The number of hydrogen-bond donors (Lipinski definition) is 3. The Bertz CT molecular complexity index is 411. The molecule has 0 rings (SSSR count). The summed E-state index contributed by atoms with van der Waals surface area (Å²) in [6.07, 6.45) is 22.1. The van der Waals surface area contributed by atoms with Gasteiger partial charge in [0, 0.05) is 13.0 Å². The second-order valence-corrected chi connectivity index (χ2v) is 7.77. The zero-order valence-electron chi connectivity index (χ0n) is 18.1. The molecule has 0 aliphatic heterocycles. The summed E-state index contributed by atoms with van der Waals surface area (Å²) in [6, 6.07) is -0.789. The van der Waals surface area contributed by atoms with Crippen molar-refractivity contribution in [3.05, 3.63) is 12.2 Å². The lowest BCUT2D eigenvalue weighted by Crippen LogP contribution is -2.30. The van der Waals surface area contributed by atoms with E-state index in [9.17, 15) is 9.59 Å². The molecule has 1 amide bonds. The fraction of sp³-hybridized carbons (Fsp3) is 0.826. The maximum absolute atomic E-state index is 11.7. The predicted octanol–water partition coefficient (Wildman–Crippen LogP) is 5.33. The normalized spacial score (nSPS) is 12.4. The molecule has 164 valence electrons. The van der Waals surface area contributed by atoms with Crippen molar-refractivity contribution in [1.82, 2.24) is 5.32 Å². The molecular formula is C23H44N2O3. The number of aliphatic carboxylic acids is 1. The van der Waals surface area contributed by atoms with Gasteiger partial charge in [0.15, 0.2) is 0 Å². The number of nitrogens with two attached hydrogens (primary N) is 1. The van der Waals surface area contributed by atoms with Crippen LogP contribution in [0.2, 0.25) is 0 Å². The van der Waals surface area contributed by atoms with Crippen LogP contribution in [-0.2, 0) is 9.59 Å². The SMILES string of the molecule is CCC/C=C/CCCCCCCCCCCC(=O)NCCCC[C@H](N)C(=O)O. The van der Waals surface area contributed by atoms with E-state index >= 15 is 0 Å². The zero-order chi connectivity index (χ0) is 20.9. The van der Waals surface area contributed by atoms with E-state index in [1.807, 2.05) is 0 Å². The number of allylic oxidation sites excluding steroid dienone is 2. The summed E-state index contributed by atoms with van der Waals surface area (Å²) in [5.74, 6) is -0.852. The quantitative estimate of drug-likeness (QED) is 0.191. The third-order valence-electron chi connectivity index (χ3n) is 4.98. The van der Waals surface area contributed by atoms with Gasteiger partial charge < -0.3 is 16.2 Å². The molecule has 5 heteroatoms. The van der Waals surface area contributed by atoms with Crippen LogP contribution in [0.15, 0.2) is 12.2 Å². The standard InChI is InChI=1S/C23H44N2O3/c1-2-3-4-5-6-7-8-9-10-11-12-13-14-15-19-22(26)25-20-17-16-18-21(24)23(27)28/h4-5,21H,2-3,6-20,24H2,1H3,(H,25,26)(H,27,28)/b5-4+/t21-/m0/s1. The van der Waals surface area contributed by atoms with Crippen molar-refractivity contribution in [1.29, 1.82) is 0 Å². The Morgan fingerprint density at radius 1 is 0.857 bits per heavy atom. The summed E-state index contributed by atoms with van der Waals surface area (Å²) in [5.41, 5.74) is 5.44. The van der Waals surface area contributed by atoms with Gasteiger partial charge in [0.2, 0.25) is 5.91 Å². The number of unbranched alkanes of at least 4 members (excludes halogenated alkanes) is 11. The molecule has 0 radical (unpaired) electrons. The molecule has 0 unspecified atom stereocenters. The number of amides is 1. The van der Waals surface area contributed by atoms with E-state index in [0.717, 1.165) is 25.7 Å². The molecule has 4 N–H and O–H groups in total. The second kappa shape index (κ2) is 20.4. The first-order valence-corrected chi connectivity index (χ1v) is 11.5. The number of rotatable bonds is 20. The van der Waals surface area contributed by atoms with Crippen molar-refractivity contribution < 1.29 is 14.7 Å². The van der Waals surface area contributed by atoms with Crippen LogP contribution in [0.25, 0.3) is 0 Å². The molecule has 0 aliphatic carbocycles. The highest BCUT2D eigenvalue weighted by molar-refractivity contribution is 5.75. The van der Waals surface area contributed by atoms with Crippen molar-refractivity contribution in [3.63, 3.8) is 0 Å². The number of carboxylic acid groups (broad SMARTS) is 1. The Hall–Kier alpha value is -1.36. The van der Waals surface area contributed by atoms with Crippen LogP contribution in [0.4, 0.5) is 0 Å². The highest BCUT2D eigenvalue weighted by atomic mass is 16.4. The van der Waals surface area contributed by atoms with Gasteiger partial charge in [-0.1, -0.05) is 70.4 Å². The number of nitrogens with one attached hydrogen (secondary N) is 1. The minimum Gasteiger partial charge on any atom is -0.480 e. The molecule has 0 aromatic heterocycles. The monoisotopic (exact) mass is 396 g/mol. The topological polar surface area (TPSA) is 92.4 Å². The smallest absolute Gasteiger partial charge is 0.320 e. The van der Waals surface area contributed by atoms with E-state index in [2.05, 4.69) is 24.4 Å². The van der Waals surface area contributed by atoms with Crippen LogP contribution in [0.3, 0.4) is 0 Å². The van der Waals surface area contributed by atoms with Gasteiger partial charge in [-0.3, -0.25) is 9.59 Å². The molecular weight excluding hydrogens is 352 g/mol. The van der Waals surface area contributed by atoms with E-state index in [4.69, 9.17) is 10.8 Å². The molecule has 0 fully saturated rings.